The van der Waals surface area contributed by atoms with Crippen LogP contribution in [0.2, 0.25) is 0 Å². The molecule has 1 aliphatic heterocycles. The van der Waals surface area contributed by atoms with E-state index in [1.54, 1.807) is 23.5 Å². The van der Waals surface area contributed by atoms with Crippen molar-refractivity contribution in [2.24, 2.45) is 5.41 Å². The van der Waals surface area contributed by atoms with E-state index < -0.39 is 11.3 Å². The van der Waals surface area contributed by atoms with Gasteiger partial charge in [-0.05, 0) is 30.9 Å². The number of rotatable bonds is 4. The highest BCUT2D eigenvalue weighted by Crippen LogP contribution is 2.65. The van der Waals surface area contributed by atoms with Crippen molar-refractivity contribution in [2.45, 2.75) is 38.2 Å². The number of likely N-dealkylation sites (tertiary alicyclic amines) is 1. The number of pyridine rings is 1. The molecule has 1 saturated heterocycles. The second-order valence-electron chi connectivity index (χ2n) is 8.19. The van der Waals surface area contributed by atoms with Crippen LogP contribution in [0.4, 0.5) is 8.78 Å². The van der Waals surface area contributed by atoms with Crippen molar-refractivity contribution >= 4 is 17.1 Å². The zero-order valence-corrected chi connectivity index (χ0v) is 16.0. The van der Waals surface area contributed by atoms with Crippen LogP contribution in [0.3, 0.4) is 0 Å². The van der Waals surface area contributed by atoms with Crippen LogP contribution in [0.1, 0.15) is 35.2 Å². The first-order valence-corrected chi connectivity index (χ1v) is 9.99. The van der Waals surface area contributed by atoms with Gasteiger partial charge in [-0.3, -0.25) is 4.79 Å². The van der Waals surface area contributed by atoms with Gasteiger partial charge in [0.05, 0.1) is 11.9 Å². The van der Waals surface area contributed by atoms with Gasteiger partial charge in [-0.25, -0.2) is 18.7 Å². The summed E-state index contributed by atoms with van der Waals surface area (Å²) in [7, 11) is 0. The Kier molecular flexibility index (Phi) is 4.15. The lowest BCUT2D eigenvalue weighted by Crippen LogP contribution is -2.40. The van der Waals surface area contributed by atoms with Gasteiger partial charge in [0.15, 0.2) is 5.65 Å². The van der Waals surface area contributed by atoms with E-state index in [1.807, 2.05) is 22.8 Å². The third-order valence-electron chi connectivity index (χ3n) is 6.41. The largest absolute Gasteiger partial charge is 0.339 e. The molecular weight excluding hydrogens is 374 g/mol. The van der Waals surface area contributed by atoms with Crippen LogP contribution in [-0.2, 0) is 13.0 Å². The molecule has 0 bridgehead atoms. The van der Waals surface area contributed by atoms with Gasteiger partial charge < -0.3 is 9.47 Å². The maximum absolute atomic E-state index is 13.5. The van der Waals surface area contributed by atoms with Crippen LogP contribution in [0.25, 0.3) is 11.2 Å². The average Bonchev–Trinajstić information content (AvgIpc) is 3.07. The molecule has 2 aromatic heterocycles. The topological polar surface area (TPSA) is 51.0 Å². The lowest BCUT2D eigenvalue weighted by Gasteiger charge is -2.32. The molecule has 0 N–H and O–H groups in total. The molecule has 5 rings (SSSR count). The molecule has 150 valence electrons. The fraction of sp³-hybridized carbons (Fsp3) is 0.409. The number of nitrogens with zero attached hydrogens (tertiary/aromatic N) is 4. The summed E-state index contributed by atoms with van der Waals surface area (Å²) in [6, 6.07) is 12.0. The van der Waals surface area contributed by atoms with Gasteiger partial charge >= 0.3 is 0 Å². The average molecular weight is 396 g/mol. The van der Waals surface area contributed by atoms with E-state index in [1.165, 1.54) is 5.56 Å². The summed E-state index contributed by atoms with van der Waals surface area (Å²) in [4.78, 5) is 23.3. The Morgan fingerprint density at radius 2 is 1.83 bits per heavy atom. The van der Waals surface area contributed by atoms with Gasteiger partial charge in [0, 0.05) is 37.7 Å². The molecular formula is C22H22F2N4O. The summed E-state index contributed by atoms with van der Waals surface area (Å²) in [5, 5.41) is 0. The number of carbonyl (C=O) groups excluding carboxylic acids is 1. The molecule has 3 aromatic rings. The monoisotopic (exact) mass is 396 g/mol. The molecule has 0 atom stereocenters. The van der Waals surface area contributed by atoms with E-state index in [0.717, 1.165) is 18.6 Å². The normalized spacial score (nSPS) is 19.6. The van der Waals surface area contributed by atoms with Gasteiger partial charge in [0.25, 0.3) is 11.8 Å². The molecule has 1 spiro atoms. The smallest absolute Gasteiger partial charge is 0.255 e. The quantitative estimate of drug-likeness (QED) is 0.671. The number of hydrogen-bond donors (Lipinski definition) is 0. The van der Waals surface area contributed by atoms with Crippen molar-refractivity contribution in [2.75, 3.05) is 13.1 Å². The number of amides is 1. The molecule has 1 amide bonds. The Morgan fingerprint density at radius 3 is 2.52 bits per heavy atom. The van der Waals surface area contributed by atoms with Crippen LogP contribution in [0.5, 0.6) is 0 Å². The predicted molar refractivity (Wildman–Crippen MR) is 105 cm³/mol. The maximum atomic E-state index is 13.5. The van der Waals surface area contributed by atoms with Gasteiger partial charge in [0.1, 0.15) is 5.52 Å². The van der Waals surface area contributed by atoms with Crippen molar-refractivity contribution in [1.82, 2.24) is 19.4 Å². The third kappa shape index (κ3) is 3.18. The van der Waals surface area contributed by atoms with Gasteiger partial charge in [-0.2, -0.15) is 0 Å². The second-order valence-corrected chi connectivity index (χ2v) is 8.19. The van der Waals surface area contributed by atoms with Crippen molar-refractivity contribution in [3.05, 3.63) is 60.0 Å². The first kappa shape index (κ1) is 18.2. The summed E-state index contributed by atoms with van der Waals surface area (Å²) < 4.78 is 29.1. The summed E-state index contributed by atoms with van der Waals surface area (Å²) in [5.41, 5.74) is 2.26. The molecule has 0 radical (unpaired) electrons. The zero-order chi connectivity index (χ0) is 20.1. The SMILES string of the molecule is O=C(c1cnc2c(c1)ncn2CCc1ccccc1)N1CCC2(CC1)CC2(F)F. The van der Waals surface area contributed by atoms with Crippen molar-refractivity contribution in [3.8, 4) is 0 Å². The highest BCUT2D eigenvalue weighted by Gasteiger charge is 2.70. The molecule has 7 heteroatoms. The number of halogens is 2. The van der Waals surface area contributed by atoms with Crippen LogP contribution >= 0.6 is 0 Å². The molecule has 5 nitrogen and oxygen atoms in total. The Bertz CT molecular complexity index is 1060. The van der Waals surface area contributed by atoms with E-state index in [0.29, 0.717) is 37.0 Å². The van der Waals surface area contributed by atoms with Crippen LogP contribution in [-0.4, -0.2) is 44.4 Å². The number of alkyl halides is 2. The molecule has 1 saturated carbocycles. The Balaban J connectivity index is 1.27. The number of fused-ring (bicyclic) bond motifs is 1. The van der Waals surface area contributed by atoms with Gasteiger partial charge in [-0.15, -0.1) is 0 Å². The molecule has 29 heavy (non-hydrogen) atoms. The van der Waals surface area contributed by atoms with E-state index >= 15 is 0 Å². The minimum absolute atomic E-state index is 0.0318. The van der Waals surface area contributed by atoms with Crippen molar-refractivity contribution < 1.29 is 13.6 Å². The molecule has 1 aromatic carbocycles. The van der Waals surface area contributed by atoms with Crippen LogP contribution < -0.4 is 0 Å². The summed E-state index contributed by atoms with van der Waals surface area (Å²) >= 11 is 0. The summed E-state index contributed by atoms with van der Waals surface area (Å²) in [6.45, 7) is 1.50. The molecule has 1 aliphatic carbocycles. The number of benzene rings is 1. The first-order chi connectivity index (χ1) is 14.0. The highest BCUT2D eigenvalue weighted by atomic mass is 19.3. The second kappa shape index (κ2) is 6.61. The van der Waals surface area contributed by atoms with Crippen molar-refractivity contribution in [3.63, 3.8) is 0 Å². The highest BCUT2D eigenvalue weighted by molar-refractivity contribution is 5.96. The fourth-order valence-corrected chi connectivity index (χ4v) is 4.37. The lowest BCUT2D eigenvalue weighted by molar-refractivity contribution is 0.0284. The number of piperidine rings is 1. The summed E-state index contributed by atoms with van der Waals surface area (Å²) in [6.07, 6.45) is 4.89. The number of carbonyl (C=O) groups is 1. The maximum Gasteiger partial charge on any atom is 0.255 e. The molecule has 2 fully saturated rings. The minimum Gasteiger partial charge on any atom is -0.339 e. The Morgan fingerprint density at radius 1 is 1.10 bits per heavy atom. The standard InChI is InChI=1S/C22H22F2N4O/c23-22(24)14-21(22)7-10-27(11-8-21)20(29)17-12-18-19(25-13-17)28(15-26-18)9-6-16-4-2-1-3-5-16/h1-5,12-13,15H,6-11,14H2. The Hall–Kier alpha value is -2.83. The number of aromatic nitrogens is 3. The minimum atomic E-state index is -2.55. The Labute approximate surface area is 167 Å². The van der Waals surface area contributed by atoms with Gasteiger partial charge in [0.2, 0.25) is 0 Å². The predicted octanol–water partition coefficient (Wildman–Crippen LogP) is 3.94. The van der Waals surface area contributed by atoms with Crippen molar-refractivity contribution in [1.29, 1.82) is 0 Å². The number of aryl methyl sites for hydroxylation is 2. The van der Waals surface area contributed by atoms with Crippen LogP contribution in [0, 0.1) is 5.41 Å². The molecule has 0 unspecified atom stereocenters. The van der Waals surface area contributed by atoms with Crippen LogP contribution in [0.15, 0.2) is 48.9 Å². The van der Waals surface area contributed by atoms with E-state index in [2.05, 4.69) is 22.1 Å². The third-order valence-corrected chi connectivity index (χ3v) is 6.41. The molecule has 3 heterocycles. The number of hydrogen-bond acceptors (Lipinski definition) is 3. The van der Waals surface area contributed by atoms with E-state index in [9.17, 15) is 13.6 Å². The summed E-state index contributed by atoms with van der Waals surface area (Å²) in [5.74, 6) is -2.70. The fourth-order valence-electron chi connectivity index (χ4n) is 4.37. The zero-order valence-electron chi connectivity index (χ0n) is 16.0. The first-order valence-electron chi connectivity index (χ1n) is 9.99. The molecule has 2 aliphatic rings. The van der Waals surface area contributed by atoms with E-state index in [-0.39, 0.29) is 12.3 Å². The van der Waals surface area contributed by atoms with E-state index in [4.69, 9.17) is 0 Å². The van der Waals surface area contributed by atoms with Gasteiger partial charge in [-0.1, -0.05) is 30.3 Å². The lowest BCUT2D eigenvalue weighted by atomic mass is 9.92. The number of imidazole rings is 1.